The molecule has 102 valence electrons. The summed E-state index contributed by atoms with van der Waals surface area (Å²) in [5.74, 6) is 5.25. The van der Waals surface area contributed by atoms with Gasteiger partial charge in [0.15, 0.2) is 0 Å². The molecule has 0 atom stereocenters. The topological polar surface area (TPSA) is 50.1 Å². The maximum Gasteiger partial charge on any atom is 0.0587 e. The Morgan fingerprint density at radius 3 is 1.89 bits per heavy atom. The van der Waals surface area contributed by atoms with E-state index in [2.05, 4.69) is 69.6 Å². The summed E-state index contributed by atoms with van der Waals surface area (Å²) in [5, 5.41) is 3.28. The van der Waals surface area contributed by atoms with Crippen molar-refractivity contribution in [1.29, 1.82) is 0 Å². The van der Waals surface area contributed by atoms with E-state index in [-0.39, 0.29) is 10.8 Å². The molecule has 0 heterocycles. The predicted octanol–water partition coefficient (Wildman–Crippen LogP) is 2.27. The largest absolute Gasteiger partial charge is 0.303 e. The molecule has 0 saturated carbocycles. The minimum atomic E-state index is 0.104. The molecule has 0 radical (unpaired) electrons. The van der Waals surface area contributed by atoms with Crippen LogP contribution in [0.3, 0.4) is 0 Å². The molecule has 1 aromatic carbocycles. The lowest BCUT2D eigenvalue weighted by Crippen LogP contribution is -2.40. The van der Waals surface area contributed by atoms with Gasteiger partial charge in [0.2, 0.25) is 0 Å². The van der Waals surface area contributed by atoms with Gasteiger partial charge in [0.25, 0.3) is 0 Å². The van der Waals surface area contributed by atoms with Crippen LogP contribution in [0.15, 0.2) is 24.3 Å². The molecule has 0 spiro atoms. The summed E-state index contributed by atoms with van der Waals surface area (Å²) >= 11 is 0. The molecule has 0 unspecified atom stereocenters. The van der Waals surface area contributed by atoms with Crippen molar-refractivity contribution in [3.8, 4) is 0 Å². The molecule has 0 fully saturated rings. The molecule has 1 rings (SSSR count). The number of hydrazine groups is 1. The fraction of sp³-hybridized carbons (Fsp3) is 0.600. The number of rotatable bonds is 5. The minimum absolute atomic E-state index is 0.104. The lowest BCUT2D eigenvalue weighted by Gasteiger charge is -2.27. The van der Waals surface area contributed by atoms with Crippen molar-refractivity contribution in [2.45, 2.75) is 45.4 Å². The molecule has 0 aromatic heterocycles. The van der Waals surface area contributed by atoms with Crippen LogP contribution in [0.2, 0.25) is 0 Å². The Hall–Kier alpha value is -0.900. The molecule has 0 bridgehead atoms. The molecule has 0 aliphatic heterocycles. The van der Waals surface area contributed by atoms with Crippen molar-refractivity contribution in [3.63, 3.8) is 0 Å². The number of benzene rings is 1. The van der Waals surface area contributed by atoms with Crippen LogP contribution >= 0.6 is 0 Å². The molecule has 4 N–H and O–H groups in total. The second-order valence-corrected chi connectivity index (χ2v) is 6.52. The number of hydrogen-bond donors (Lipinski definition) is 3. The van der Waals surface area contributed by atoms with Crippen LogP contribution in [0.25, 0.3) is 0 Å². The first-order valence-electron chi connectivity index (χ1n) is 6.52. The van der Waals surface area contributed by atoms with E-state index >= 15 is 0 Å². The Bertz CT molecular complexity index is 360. The predicted molar refractivity (Wildman–Crippen MR) is 78.4 cm³/mol. The average molecular weight is 249 g/mol. The maximum atomic E-state index is 5.25. The highest BCUT2D eigenvalue weighted by molar-refractivity contribution is 5.31. The van der Waals surface area contributed by atoms with Gasteiger partial charge in [0.05, 0.1) is 6.67 Å². The summed E-state index contributed by atoms with van der Waals surface area (Å²) in [7, 11) is 0. The molecular formula is C15H27N3. The Labute approximate surface area is 111 Å². The van der Waals surface area contributed by atoms with Gasteiger partial charge in [0, 0.05) is 12.0 Å². The average Bonchev–Trinajstić information content (AvgIpc) is 2.28. The van der Waals surface area contributed by atoms with Crippen molar-refractivity contribution in [2.75, 3.05) is 13.2 Å². The van der Waals surface area contributed by atoms with E-state index < -0.39 is 0 Å². The molecular weight excluding hydrogens is 222 g/mol. The molecule has 18 heavy (non-hydrogen) atoms. The first kappa shape index (κ1) is 15.2. The third kappa shape index (κ3) is 4.09. The second kappa shape index (κ2) is 5.83. The van der Waals surface area contributed by atoms with Gasteiger partial charge >= 0.3 is 0 Å². The molecule has 0 aliphatic rings. The normalized spacial score (nSPS) is 12.8. The summed E-state index contributed by atoms with van der Waals surface area (Å²) in [4.78, 5) is 0. The van der Waals surface area contributed by atoms with Crippen molar-refractivity contribution < 1.29 is 0 Å². The van der Waals surface area contributed by atoms with Crippen LogP contribution in [0.4, 0.5) is 0 Å². The maximum absolute atomic E-state index is 5.25. The van der Waals surface area contributed by atoms with Crippen molar-refractivity contribution in [3.05, 3.63) is 35.4 Å². The van der Waals surface area contributed by atoms with Crippen molar-refractivity contribution in [1.82, 2.24) is 10.7 Å². The monoisotopic (exact) mass is 249 g/mol. The second-order valence-electron chi connectivity index (χ2n) is 6.52. The van der Waals surface area contributed by atoms with Crippen LogP contribution in [-0.2, 0) is 10.8 Å². The standard InChI is InChI=1S/C15H27N3/c1-14(2,3)12-6-8-13(9-7-12)15(4,5)10-17-11-18-16/h6-9,17-18H,10-11,16H2,1-5H3. The van der Waals surface area contributed by atoms with E-state index in [1.807, 2.05) is 0 Å². The highest BCUT2D eigenvalue weighted by Gasteiger charge is 2.21. The quantitative estimate of drug-likeness (QED) is 0.325. The zero-order valence-corrected chi connectivity index (χ0v) is 12.3. The van der Waals surface area contributed by atoms with Crippen LogP contribution < -0.4 is 16.6 Å². The minimum Gasteiger partial charge on any atom is -0.303 e. The van der Waals surface area contributed by atoms with Crippen molar-refractivity contribution in [2.24, 2.45) is 5.84 Å². The van der Waals surface area contributed by atoms with Crippen LogP contribution in [0.1, 0.15) is 45.7 Å². The summed E-state index contributed by atoms with van der Waals surface area (Å²) in [5.41, 5.74) is 5.65. The Morgan fingerprint density at radius 1 is 0.944 bits per heavy atom. The number of hydrogen-bond acceptors (Lipinski definition) is 3. The zero-order valence-electron chi connectivity index (χ0n) is 12.3. The van der Waals surface area contributed by atoms with Gasteiger partial charge < -0.3 is 5.32 Å². The first-order valence-corrected chi connectivity index (χ1v) is 6.52. The summed E-state index contributed by atoms with van der Waals surface area (Å²) in [6.45, 7) is 12.7. The van der Waals surface area contributed by atoms with Gasteiger partial charge in [-0.3, -0.25) is 5.84 Å². The van der Waals surface area contributed by atoms with E-state index in [1.54, 1.807) is 0 Å². The lowest BCUT2D eigenvalue weighted by atomic mass is 9.81. The van der Waals surface area contributed by atoms with Crippen LogP contribution in [0, 0.1) is 0 Å². The van der Waals surface area contributed by atoms with Crippen LogP contribution in [0.5, 0.6) is 0 Å². The van der Waals surface area contributed by atoms with Gasteiger partial charge in [0.1, 0.15) is 0 Å². The summed E-state index contributed by atoms with van der Waals surface area (Å²) in [6, 6.07) is 8.94. The molecule has 0 aliphatic carbocycles. The van der Waals surface area contributed by atoms with Crippen LogP contribution in [-0.4, -0.2) is 13.2 Å². The molecule has 0 amide bonds. The van der Waals surface area contributed by atoms with Gasteiger partial charge in [-0.25, -0.2) is 5.43 Å². The Balaban J connectivity index is 2.77. The van der Waals surface area contributed by atoms with Crippen molar-refractivity contribution >= 4 is 0 Å². The van der Waals surface area contributed by atoms with E-state index in [9.17, 15) is 0 Å². The highest BCUT2D eigenvalue weighted by Crippen LogP contribution is 2.27. The van der Waals surface area contributed by atoms with E-state index in [4.69, 9.17) is 5.84 Å². The molecule has 3 nitrogen and oxygen atoms in total. The molecule has 1 aromatic rings. The lowest BCUT2D eigenvalue weighted by molar-refractivity contribution is 0.454. The first-order chi connectivity index (χ1) is 8.27. The number of nitrogens with one attached hydrogen (secondary N) is 2. The zero-order chi connectivity index (χ0) is 13.8. The number of nitrogens with two attached hydrogens (primary N) is 1. The van der Waals surface area contributed by atoms with Gasteiger partial charge in [-0.2, -0.15) is 0 Å². The van der Waals surface area contributed by atoms with E-state index in [0.29, 0.717) is 6.67 Å². The SMILES string of the molecule is CC(C)(C)c1ccc(C(C)(C)CNCNN)cc1. The van der Waals surface area contributed by atoms with Gasteiger partial charge in [-0.05, 0) is 16.5 Å². The highest BCUT2D eigenvalue weighted by atomic mass is 15.3. The van der Waals surface area contributed by atoms with E-state index in [1.165, 1.54) is 11.1 Å². The third-order valence-corrected chi connectivity index (χ3v) is 3.33. The van der Waals surface area contributed by atoms with Gasteiger partial charge in [-0.1, -0.05) is 58.9 Å². The van der Waals surface area contributed by atoms with Gasteiger partial charge in [-0.15, -0.1) is 0 Å². The molecule has 0 saturated heterocycles. The fourth-order valence-corrected chi connectivity index (χ4v) is 1.97. The Morgan fingerprint density at radius 2 is 1.44 bits per heavy atom. The van der Waals surface area contributed by atoms with E-state index in [0.717, 1.165) is 6.54 Å². The summed E-state index contributed by atoms with van der Waals surface area (Å²) in [6.07, 6.45) is 0. The fourth-order valence-electron chi connectivity index (χ4n) is 1.97. The molecule has 3 heteroatoms. The smallest absolute Gasteiger partial charge is 0.0587 e. The Kier molecular flexibility index (Phi) is 4.91. The third-order valence-electron chi connectivity index (χ3n) is 3.33. The summed E-state index contributed by atoms with van der Waals surface area (Å²) < 4.78 is 0.